The monoisotopic (exact) mass is 326 g/mol. The Bertz CT molecular complexity index is 785. The maximum Gasteiger partial charge on any atom is 0.201 e. The van der Waals surface area contributed by atoms with E-state index in [0.29, 0.717) is 11.5 Å². The van der Waals surface area contributed by atoms with Gasteiger partial charge in [0.05, 0.1) is 0 Å². The van der Waals surface area contributed by atoms with Crippen LogP contribution in [0, 0.1) is 0 Å². The van der Waals surface area contributed by atoms with Gasteiger partial charge in [-0.25, -0.2) is 0 Å². The lowest BCUT2D eigenvalue weighted by Gasteiger charge is -2.10. The molecule has 3 aromatic rings. The number of hydrogen-bond donors (Lipinski definition) is 4. The van der Waals surface area contributed by atoms with Crippen LogP contribution in [0.25, 0.3) is 0 Å². The van der Waals surface area contributed by atoms with Crippen molar-refractivity contribution in [3.63, 3.8) is 0 Å². The average Bonchev–Trinajstić information content (AvgIpc) is 2.58. The fourth-order valence-electron chi connectivity index (χ4n) is 2.02. The van der Waals surface area contributed by atoms with Crippen molar-refractivity contribution < 1.29 is 29.9 Å². The zero-order valence-electron chi connectivity index (χ0n) is 12.4. The minimum absolute atomic E-state index is 0.120. The summed E-state index contributed by atoms with van der Waals surface area (Å²) in [5.41, 5.74) is 0. The minimum atomic E-state index is -0.345. The third kappa shape index (κ3) is 3.12. The lowest BCUT2D eigenvalue weighted by atomic mass is 10.2. The molecule has 24 heavy (non-hydrogen) atoms. The highest BCUT2D eigenvalue weighted by molar-refractivity contribution is 5.52. The molecule has 0 aliphatic carbocycles. The van der Waals surface area contributed by atoms with Crippen LogP contribution in [0.15, 0.2) is 60.7 Å². The molecule has 0 saturated heterocycles. The maximum absolute atomic E-state index is 9.71. The topological polar surface area (TPSA) is 99.4 Å². The molecule has 6 heteroatoms. The molecule has 0 aliphatic rings. The fraction of sp³-hybridized carbons (Fsp3) is 0. The van der Waals surface area contributed by atoms with Crippen LogP contribution in [0.3, 0.4) is 0 Å². The van der Waals surface area contributed by atoms with E-state index in [1.54, 1.807) is 36.4 Å². The molecule has 4 N–H and O–H groups in total. The van der Waals surface area contributed by atoms with Crippen LogP contribution in [0.5, 0.6) is 46.0 Å². The molecule has 3 rings (SSSR count). The van der Waals surface area contributed by atoms with E-state index in [1.165, 1.54) is 24.3 Å². The molecule has 0 aliphatic heterocycles. The first-order valence-electron chi connectivity index (χ1n) is 7.02. The van der Waals surface area contributed by atoms with Gasteiger partial charge >= 0.3 is 0 Å². The van der Waals surface area contributed by atoms with E-state index in [-0.39, 0.29) is 34.5 Å². The molecule has 0 aromatic heterocycles. The van der Waals surface area contributed by atoms with E-state index < -0.39 is 0 Å². The summed E-state index contributed by atoms with van der Waals surface area (Å²) in [5.74, 6) is -0.154. The third-order valence-corrected chi connectivity index (χ3v) is 3.23. The van der Waals surface area contributed by atoms with E-state index in [2.05, 4.69) is 0 Å². The first-order valence-corrected chi connectivity index (χ1v) is 7.02. The molecule has 0 heterocycles. The van der Waals surface area contributed by atoms with Crippen LogP contribution in [-0.4, -0.2) is 20.4 Å². The highest BCUT2D eigenvalue weighted by Gasteiger charge is 2.10. The lowest BCUT2D eigenvalue weighted by molar-refractivity contribution is 0.370. The Hall–Kier alpha value is -3.54. The van der Waals surface area contributed by atoms with E-state index in [4.69, 9.17) is 9.47 Å². The Kier molecular flexibility index (Phi) is 4.03. The first kappa shape index (κ1) is 15.4. The first-order chi connectivity index (χ1) is 11.5. The summed E-state index contributed by atoms with van der Waals surface area (Å²) in [6.45, 7) is 0. The molecule has 122 valence electrons. The second kappa shape index (κ2) is 6.29. The van der Waals surface area contributed by atoms with Gasteiger partial charge in [-0.3, -0.25) is 0 Å². The number of hydrogen-bond acceptors (Lipinski definition) is 6. The molecule has 0 atom stereocenters. The van der Waals surface area contributed by atoms with E-state index in [0.717, 1.165) is 0 Å². The van der Waals surface area contributed by atoms with Crippen molar-refractivity contribution in [2.75, 3.05) is 0 Å². The van der Waals surface area contributed by atoms with Crippen LogP contribution < -0.4 is 9.47 Å². The van der Waals surface area contributed by atoms with Gasteiger partial charge in [0.2, 0.25) is 11.5 Å². The van der Waals surface area contributed by atoms with Gasteiger partial charge in [0, 0.05) is 0 Å². The second-order valence-corrected chi connectivity index (χ2v) is 4.92. The highest BCUT2D eigenvalue weighted by atomic mass is 16.5. The van der Waals surface area contributed by atoms with Gasteiger partial charge < -0.3 is 29.9 Å². The molecule has 0 unspecified atom stereocenters. The molecule has 0 spiro atoms. The van der Waals surface area contributed by atoms with Crippen molar-refractivity contribution >= 4 is 0 Å². The van der Waals surface area contributed by atoms with Gasteiger partial charge in [-0.05, 0) is 48.5 Å². The largest absolute Gasteiger partial charge is 0.504 e. The predicted octanol–water partition coefficient (Wildman–Crippen LogP) is 4.09. The molecule has 0 bridgehead atoms. The summed E-state index contributed by atoms with van der Waals surface area (Å²) in [6.07, 6.45) is 0. The number of ether oxygens (including phenoxy) is 2. The van der Waals surface area contributed by atoms with Crippen LogP contribution in [0.2, 0.25) is 0 Å². The van der Waals surface area contributed by atoms with Crippen LogP contribution in [0.4, 0.5) is 0 Å². The summed E-state index contributed by atoms with van der Waals surface area (Å²) in [4.78, 5) is 0. The van der Waals surface area contributed by atoms with Crippen molar-refractivity contribution in [3.05, 3.63) is 60.7 Å². The SMILES string of the molecule is Oc1cccc(Oc2ccc(Oc3cccc(O)c3O)cc2)c1O. The Morgan fingerprint density at radius 1 is 0.500 bits per heavy atom. The van der Waals surface area contributed by atoms with E-state index >= 15 is 0 Å². The third-order valence-electron chi connectivity index (χ3n) is 3.23. The van der Waals surface area contributed by atoms with Gasteiger partial charge in [0.15, 0.2) is 23.0 Å². The number of rotatable bonds is 4. The fourth-order valence-corrected chi connectivity index (χ4v) is 2.02. The Morgan fingerprint density at radius 3 is 1.25 bits per heavy atom. The van der Waals surface area contributed by atoms with Gasteiger partial charge in [-0.1, -0.05) is 12.1 Å². The second-order valence-electron chi connectivity index (χ2n) is 4.92. The minimum Gasteiger partial charge on any atom is -0.504 e. The molecule has 0 saturated carbocycles. The zero-order chi connectivity index (χ0) is 17.1. The predicted molar refractivity (Wildman–Crippen MR) is 86.1 cm³/mol. The van der Waals surface area contributed by atoms with Crippen molar-refractivity contribution in [2.45, 2.75) is 0 Å². The Morgan fingerprint density at radius 2 is 0.875 bits per heavy atom. The summed E-state index contributed by atoms with van der Waals surface area (Å²) < 4.78 is 11.0. The average molecular weight is 326 g/mol. The van der Waals surface area contributed by atoms with Crippen LogP contribution in [-0.2, 0) is 0 Å². The molecular formula is C18H14O6. The molecule has 0 fully saturated rings. The number of benzene rings is 3. The summed E-state index contributed by atoms with van der Waals surface area (Å²) in [6, 6.07) is 15.2. The number of phenols is 4. The van der Waals surface area contributed by atoms with Crippen molar-refractivity contribution in [3.8, 4) is 46.0 Å². The molecule has 6 nitrogen and oxygen atoms in total. The number of aromatic hydroxyl groups is 4. The van der Waals surface area contributed by atoms with Crippen molar-refractivity contribution in [1.82, 2.24) is 0 Å². The van der Waals surface area contributed by atoms with Crippen LogP contribution in [0.1, 0.15) is 0 Å². The Balaban J connectivity index is 1.76. The highest BCUT2D eigenvalue weighted by Crippen LogP contribution is 2.39. The van der Waals surface area contributed by atoms with Crippen molar-refractivity contribution in [2.24, 2.45) is 0 Å². The summed E-state index contributed by atoms with van der Waals surface area (Å²) in [5, 5.41) is 38.3. The van der Waals surface area contributed by atoms with Gasteiger partial charge in [-0.2, -0.15) is 0 Å². The van der Waals surface area contributed by atoms with Crippen molar-refractivity contribution in [1.29, 1.82) is 0 Å². The molecule has 0 radical (unpaired) electrons. The lowest BCUT2D eigenvalue weighted by Crippen LogP contribution is -1.87. The zero-order valence-corrected chi connectivity index (χ0v) is 12.4. The van der Waals surface area contributed by atoms with Crippen LogP contribution >= 0.6 is 0 Å². The number of para-hydroxylation sites is 2. The normalized spacial score (nSPS) is 10.3. The van der Waals surface area contributed by atoms with Gasteiger partial charge in [0.25, 0.3) is 0 Å². The summed E-state index contributed by atoms with van der Waals surface area (Å²) >= 11 is 0. The molecular weight excluding hydrogens is 312 g/mol. The van der Waals surface area contributed by atoms with E-state index in [9.17, 15) is 20.4 Å². The smallest absolute Gasteiger partial charge is 0.201 e. The standard InChI is InChI=1S/C18H14O6/c19-13-3-1-5-15(17(13)21)23-11-7-9-12(10-8-11)24-16-6-2-4-14(20)18(16)22/h1-10,19-22H. The summed E-state index contributed by atoms with van der Waals surface area (Å²) in [7, 11) is 0. The Labute approximate surface area is 137 Å². The van der Waals surface area contributed by atoms with Gasteiger partial charge in [-0.15, -0.1) is 0 Å². The van der Waals surface area contributed by atoms with E-state index in [1.807, 2.05) is 0 Å². The quantitative estimate of drug-likeness (QED) is 0.539. The number of phenolic OH excluding ortho intramolecular Hbond substituents is 4. The maximum atomic E-state index is 9.71. The van der Waals surface area contributed by atoms with Gasteiger partial charge in [0.1, 0.15) is 11.5 Å². The molecule has 0 amide bonds. The molecule has 3 aromatic carbocycles.